The fourth-order valence-electron chi connectivity index (χ4n) is 1.41. The average molecular weight is 255 g/mol. The van der Waals surface area contributed by atoms with Crippen LogP contribution in [-0.4, -0.2) is 29.7 Å². The van der Waals surface area contributed by atoms with Gasteiger partial charge in [0.1, 0.15) is 6.04 Å². The van der Waals surface area contributed by atoms with Gasteiger partial charge in [0.05, 0.1) is 0 Å². The molecule has 1 aliphatic rings. The number of carbonyl (C=O) groups is 1. The lowest BCUT2D eigenvalue weighted by molar-refractivity contribution is -0.137. The smallest absolute Gasteiger partial charge is 0.321 e. The first-order chi connectivity index (χ1) is 8.16. The monoisotopic (exact) mass is 255 g/mol. The third-order valence-electron chi connectivity index (χ3n) is 2.32. The second-order valence-corrected chi connectivity index (χ2v) is 4.68. The summed E-state index contributed by atoms with van der Waals surface area (Å²) in [6, 6.07) is 4.89. The second kappa shape index (κ2) is 5.29. The summed E-state index contributed by atoms with van der Waals surface area (Å²) in [6.07, 6.45) is 0. The Morgan fingerprint density at radius 1 is 1.47 bits per heavy atom. The van der Waals surface area contributed by atoms with Crippen LogP contribution < -0.4 is 15.2 Å². The maximum atomic E-state index is 10.5. The normalized spacial score (nSPS) is 14.6. The number of carboxylic acid groups (broad SMARTS) is 1. The Morgan fingerprint density at radius 3 is 3.00 bits per heavy atom. The highest BCUT2D eigenvalue weighted by atomic mass is 32.2. The van der Waals surface area contributed by atoms with E-state index < -0.39 is 12.0 Å². The Kier molecular flexibility index (Phi) is 3.75. The van der Waals surface area contributed by atoms with E-state index in [0.29, 0.717) is 11.5 Å². The van der Waals surface area contributed by atoms with Crippen LogP contribution in [0.4, 0.5) is 0 Å². The minimum absolute atomic E-state index is 0.260. The molecular formula is C11H13NO4S. The van der Waals surface area contributed by atoms with E-state index in [9.17, 15) is 4.79 Å². The molecule has 92 valence electrons. The van der Waals surface area contributed by atoms with Crippen molar-refractivity contribution in [3.05, 3.63) is 23.8 Å². The molecule has 6 heteroatoms. The van der Waals surface area contributed by atoms with E-state index in [0.717, 1.165) is 17.1 Å². The number of benzene rings is 1. The lowest BCUT2D eigenvalue weighted by Gasteiger charge is -2.06. The standard InChI is InChI=1S/C11H13NO4S/c12-8(11(13)14)5-17-4-7-1-2-9-10(3-7)16-6-15-9/h1-3,8H,4-6,12H2,(H,13,14). The number of nitrogens with two attached hydrogens (primary N) is 1. The molecule has 0 spiro atoms. The quantitative estimate of drug-likeness (QED) is 0.818. The molecule has 5 nitrogen and oxygen atoms in total. The summed E-state index contributed by atoms with van der Waals surface area (Å²) in [4.78, 5) is 10.5. The molecule has 1 aromatic carbocycles. The lowest BCUT2D eigenvalue weighted by Crippen LogP contribution is -2.32. The van der Waals surface area contributed by atoms with Gasteiger partial charge in [0.25, 0.3) is 0 Å². The predicted octanol–water partition coefficient (Wildman–Crippen LogP) is 1.06. The van der Waals surface area contributed by atoms with Gasteiger partial charge in [-0.15, -0.1) is 0 Å². The molecule has 0 amide bonds. The molecule has 1 aromatic rings. The molecule has 1 atom stereocenters. The minimum atomic E-state index is -0.969. The summed E-state index contributed by atoms with van der Waals surface area (Å²) in [6.45, 7) is 0.260. The van der Waals surface area contributed by atoms with Gasteiger partial charge in [-0.1, -0.05) is 6.07 Å². The predicted molar refractivity (Wildman–Crippen MR) is 64.3 cm³/mol. The summed E-state index contributed by atoms with van der Waals surface area (Å²) in [5.41, 5.74) is 6.47. The van der Waals surface area contributed by atoms with Gasteiger partial charge in [-0.3, -0.25) is 4.79 Å². The van der Waals surface area contributed by atoms with Gasteiger partial charge in [-0.25, -0.2) is 0 Å². The maximum Gasteiger partial charge on any atom is 0.321 e. The van der Waals surface area contributed by atoms with E-state index in [1.807, 2.05) is 18.2 Å². The summed E-state index contributed by atoms with van der Waals surface area (Å²) in [7, 11) is 0. The highest BCUT2D eigenvalue weighted by Crippen LogP contribution is 2.33. The third-order valence-corrected chi connectivity index (χ3v) is 3.45. The first kappa shape index (κ1) is 12.1. The molecule has 0 saturated heterocycles. The summed E-state index contributed by atoms with van der Waals surface area (Å²) in [5.74, 6) is 1.62. The van der Waals surface area contributed by atoms with Crippen molar-refractivity contribution in [2.75, 3.05) is 12.5 Å². The molecule has 0 saturated carbocycles. The summed E-state index contributed by atoms with van der Waals surface area (Å²) < 4.78 is 10.5. The zero-order valence-electron chi connectivity index (χ0n) is 9.09. The first-order valence-electron chi connectivity index (χ1n) is 5.11. The molecule has 0 radical (unpaired) electrons. The number of ether oxygens (including phenoxy) is 2. The highest BCUT2D eigenvalue weighted by Gasteiger charge is 2.14. The van der Waals surface area contributed by atoms with E-state index in [4.69, 9.17) is 20.3 Å². The molecule has 1 aliphatic heterocycles. The van der Waals surface area contributed by atoms with Crippen LogP contribution in [0.3, 0.4) is 0 Å². The first-order valence-corrected chi connectivity index (χ1v) is 6.27. The molecule has 0 aliphatic carbocycles. The van der Waals surface area contributed by atoms with Crippen LogP contribution in [0, 0.1) is 0 Å². The van der Waals surface area contributed by atoms with Gasteiger partial charge in [-0.2, -0.15) is 11.8 Å². The molecule has 2 rings (SSSR count). The van der Waals surface area contributed by atoms with Crippen molar-refractivity contribution < 1.29 is 19.4 Å². The van der Waals surface area contributed by atoms with Crippen molar-refractivity contribution in [3.63, 3.8) is 0 Å². The fraction of sp³-hybridized carbons (Fsp3) is 0.364. The van der Waals surface area contributed by atoms with Crippen molar-refractivity contribution in [3.8, 4) is 11.5 Å². The number of hydrogen-bond acceptors (Lipinski definition) is 5. The third kappa shape index (κ3) is 3.04. The van der Waals surface area contributed by atoms with Crippen molar-refractivity contribution in [2.45, 2.75) is 11.8 Å². The van der Waals surface area contributed by atoms with Crippen LogP contribution in [0.2, 0.25) is 0 Å². The number of thioether (sulfide) groups is 1. The van der Waals surface area contributed by atoms with Gasteiger partial charge < -0.3 is 20.3 Å². The van der Waals surface area contributed by atoms with Gasteiger partial charge in [0.15, 0.2) is 11.5 Å². The van der Waals surface area contributed by atoms with Crippen molar-refractivity contribution in [1.29, 1.82) is 0 Å². The molecule has 3 N–H and O–H groups in total. The SMILES string of the molecule is NC(CSCc1ccc2c(c1)OCO2)C(=O)O. The zero-order valence-corrected chi connectivity index (χ0v) is 9.90. The molecular weight excluding hydrogens is 242 g/mol. The van der Waals surface area contributed by atoms with Gasteiger partial charge in [0.2, 0.25) is 6.79 Å². The molecule has 0 fully saturated rings. The van der Waals surface area contributed by atoms with Gasteiger partial charge >= 0.3 is 5.97 Å². The Morgan fingerprint density at radius 2 is 2.24 bits per heavy atom. The molecule has 1 heterocycles. The van der Waals surface area contributed by atoms with Crippen LogP contribution in [0.1, 0.15) is 5.56 Å². The highest BCUT2D eigenvalue weighted by molar-refractivity contribution is 7.98. The summed E-state index contributed by atoms with van der Waals surface area (Å²) >= 11 is 1.49. The zero-order chi connectivity index (χ0) is 12.3. The van der Waals surface area contributed by atoms with Gasteiger partial charge in [-0.05, 0) is 17.7 Å². The second-order valence-electron chi connectivity index (χ2n) is 3.65. The van der Waals surface area contributed by atoms with Crippen LogP contribution in [0.25, 0.3) is 0 Å². The van der Waals surface area contributed by atoms with E-state index in [-0.39, 0.29) is 6.79 Å². The lowest BCUT2D eigenvalue weighted by atomic mass is 10.2. The maximum absolute atomic E-state index is 10.5. The Labute approximate surface area is 103 Å². The van der Waals surface area contributed by atoms with Crippen molar-refractivity contribution in [1.82, 2.24) is 0 Å². The fourth-order valence-corrected chi connectivity index (χ4v) is 2.34. The minimum Gasteiger partial charge on any atom is -0.480 e. The van der Waals surface area contributed by atoms with E-state index in [2.05, 4.69) is 0 Å². The number of fused-ring (bicyclic) bond motifs is 1. The largest absolute Gasteiger partial charge is 0.480 e. The Bertz CT molecular complexity index is 424. The number of hydrogen-bond donors (Lipinski definition) is 2. The Balaban J connectivity index is 1.85. The van der Waals surface area contributed by atoms with E-state index in [1.54, 1.807) is 0 Å². The molecule has 0 bridgehead atoms. The number of rotatable bonds is 5. The number of aliphatic carboxylic acids is 1. The van der Waals surface area contributed by atoms with Crippen molar-refractivity contribution >= 4 is 17.7 Å². The van der Waals surface area contributed by atoms with Crippen LogP contribution >= 0.6 is 11.8 Å². The Hall–Kier alpha value is -1.40. The molecule has 17 heavy (non-hydrogen) atoms. The van der Waals surface area contributed by atoms with E-state index in [1.165, 1.54) is 11.8 Å². The van der Waals surface area contributed by atoms with Crippen LogP contribution in [-0.2, 0) is 10.5 Å². The summed E-state index contributed by atoms with van der Waals surface area (Å²) in [5, 5.41) is 8.63. The van der Waals surface area contributed by atoms with E-state index >= 15 is 0 Å². The number of carboxylic acids is 1. The average Bonchev–Trinajstić information content (AvgIpc) is 2.75. The van der Waals surface area contributed by atoms with Gasteiger partial charge in [0, 0.05) is 11.5 Å². The van der Waals surface area contributed by atoms with Crippen molar-refractivity contribution in [2.24, 2.45) is 5.73 Å². The molecule has 0 aromatic heterocycles. The van der Waals surface area contributed by atoms with Crippen LogP contribution in [0.15, 0.2) is 18.2 Å². The van der Waals surface area contributed by atoms with Crippen LogP contribution in [0.5, 0.6) is 11.5 Å². The molecule has 1 unspecified atom stereocenters. The topological polar surface area (TPSA) is 81.8 Å².